The summed E-state index contributed by atoms with van der Waals surface area (Å²) >= 11 is 0. The molecule has 1 saturated heterocycles. The van der Waals surface area contributed by atoms with E-state index in [-0.39, 0.29) is 10.8 Å². The molecule has 1 heterocycles. The van der Waals surface area contributed by atoms with E-state index in [1.165, 1.54) is 13.2 Å². The monoisotopic (exact) mass is 509 g/mol. The standard InChI is InChI=1S/C27H31N3O5S/c1-34-23-11-8-10-22(18-23)29-36(32,33)26-17-20(27(31)30-15-6-3-7-16-30)13-14-24(26)28-19-21-9-4-5-12-25(21)35-2/h4-5,8-14,17-18,28-29H,3,6-7,15-16,19H2,1-2H3. The van der Waals surface area contributed by atoms with Gasteiger partial charge in [0.2, 0.25) is 0 Å². The smallest absolute Gasteiger partial charge is 0.263 e. The molecule has 0 atom stereocenters. The van der Waals surface area contributed by atoms with E-state index < -0.39 is 10.0 Å². The first-order chi connectivity index (χ1) is 17.4. The van der Waals surface area contributed by atoms with Gasteiger partial charge >= 0.3 is 0 Å². The second-order valence-corrected chi connectivity index (χ2v) is 10.2. The van der Waals surface area contributed by atoms with E-state index in [4.69, 9.17) is 9.47 Å². The molecule has 8 nitrogen and oxygen atoms in total. The van der Waals surface area contributed by atoms with E-state index in [1.807, 2.05) is 24.3 Å². The number of benzene rings is 3. The van der Waals surface area contributed by atoms with Crippen LogP contribution < -0.4 is 19.5 Å². The van der Waals surface area contributed by atoms with Crippen LogP contribution in [-0.4, -0.2) is 46.5 Å². The lowest BCUT2D eigenvalue weighted by atomic mass is 10.1. The minimum atomic E-state index is -4.05. The van der Waals surface area contributed by atoms with Crippen molar-refractivity contribution in [2.24, 2.45) is 0 Å². The summed E-state index contributed by atoms with van der Waals surface area (Å²) in [5.74, 6) is 1.06. The van der Waals surface area contributed by atoms with Crippen LogP contribution in [0, 0.1) is 0 Å². The van der Waals surface area contributed by atoms with Gasteiger partial charge in [-0.1, -0.05) is 24.3 Å². The number of piperidine rings is 1. The lowest BCUT2D eigenvalue weighted by molar-refractivity contribution is 0.0724. The van der Waals surface area contributed by atoms with Crippen LogP contribution in [0.5, 0.6) is 11.5 Å². The average molecular weight is 510 g/mol. The van der Waals surface area contributed by atoms with E-state index in [0.29, 0.717) is 48.1 Å². The number of para-hydroxylation sites is 1. The van der Waals surface area contributed by atoms with Crippen molar-refractivity contribution in [2.45, 2.75) is 30.7 Å². The highest BCUT2D eigenvalue weighted by molar-refractivity contribution is 7.92. The minimum Gasteiger partial charge on any atom is -0.497 e. The van der Waals surface area contributed by atoms with Gasteiger partial charge in [0.1, 0.15) is 16.4 Å². The Kier molecular flexibility index (Phi) is 8.00. The number of hydrogen-bond donors (Lipinski definition) is 2. The van der Waals surface area contributed by atoms with E-state index in [1.54, 1.807) is 48.4 Å². The fourth-order valence-electron chi connectivity index (χ4n) is 4.24. The molecule has 4 rings (SSSR count). The molecule has 0 aromatic heterocycles. The number of nitrogens with zero attached hydrogens (tertiary/aromatic N) is 1. The maximum Gasteiger partial charge on any atom is 0.263 e. The molecule has 0 unspecified atom stereocenters. The molecule has 36 heavy (non-hydrogen) atoms. The van der Waals surface area contributed by atoms with Gasteiger partial charge < -0.3 is 19.7 Å². The van der Waals surface area contributed by atoms with Crippen molar-refractivity contribution in [3.63, 3.8) is 0 Å². The zero-order chi connectivity index (χ0) is 25.5. The quantitative estimate of drug-likeness (QED) is 0.432. The Labute approximate surface area is 212 Å². The second kappa shape index (κ2) is 11.3. The van der Waals surface area contributed by atoms with E-state index in [2.05, 4.69) is 10.0 Å². The molecular weight excluding hydrogens is 478 g/mol. The minimum absolute atomic E-state index is 0.0110. The molecule has 0 bridgehead atoms. The highest BCUT2D eigenvalue weighted by Gasteiger charge is 2.24. The number of sulfonamides is 1. The summed E-state index contributed by atoms with van der Waals surface area (Å²) in [7, 11) is -0.938. The molecule has 0 aliphatic carbocycles. The van der Waals surface area contributed by atoms with Crippen molar-refractivity contribution in [3.8, 4) is 11.5 Å². The molecule has 1 aliphatic heterocycles. The Balaban J connectivity index is 1.68. The third-order valence-corrected chi connectivity index (χ3v) is 7.57. The largest absolute Gasteiger partial charge is 0.497 e. The summed E-state index contributed by atoms with van der Waals surface area (Å²) < 4.78 is 40.4. The number of anilines is 2. The molecule has 190 valence electrons. The van der Waals surface area contributed by atoms with Gasteiger partial charge in [-0.3, -0.25) is 9.52 Å². The fourth-order valence-corrected chi connectivity index (χ4v) is 5.50. The lowest BCUT2D eigenvalue weighted by Crippen LogP contribution is -2.35. The molecule has 2 N–H and O–H groups in total. The van der Waals surface area contributed by atoms with Crippen molar-refractivity contribution >= 4 is 27.3 Å². The van der Waals surface area contributed by atoms with Gasteiger partial charge in [-0.15, -0.1) is 0 Å². The normalized spacial score (nSPS) is 13.7. The lowest BCUT2D eigenvalue weighted by Gasteiger charge is -2.27. The van der Waals surface area contributed by atoms with Crippen LogP contribution in [0.3, 0.4) is 0 Å². The van der Waals surface area contributed by atoms with E-state index in [9.17, 15) is 13.2 Å². The number of ether oxygens (including phenoxy) is 2. The van der Waals surface area contributed by atoms with E-state index in [0.717, 1.165) is 24.8 Å². The van der Waals surface area contributed by atoms with Gasteiger partial charge in [0.05, 0.1) is 25.6 Å². The molecule has 3 aromatic carbocycles. The van der Waals surface area contributed by atoms with Gasteiger partial charge in [-0.25, -0.2) is 8.42 Å². The van der Waals surface area contributed by atoms with Crippen LogP contribution >= 0.6 is 0 Å². The first-order valence-corrected chi connectivity index (χ1v) is 13.4. The summed E-state index contributed by atoms with van der Waals surface area (Å²) in [4.78, 5) is 14.9. The highest BCUT2D eigenvalue weighted by Crippen LogP contribution is 2.29. The Hall–Kier alpha value is -3.72. The van der Waals surface area contributed by atoms with Gasteiger partial charge in [-0.2, -0.15) is 0 Å². The summed E-state index contributed by atoms with van der Waals surface area (Å²) in [5.41, 5.74) is 1.95. The predicted octanol–water partition coefficient (Wildman–Crippen LogP) is 4.74. The fraction of sp³-hybridized carbons (Fsp3) is 0.296. The first kappa shape index (κ1) is 25.4. The van der Waals surface area contributed by atoms with Crippen LogP contribution in [0.2, 0.25) is 0 Å². The van der Waals surface area contributed by atoms with Crippen molar-refractivity contribution < 1.29 is 22.7 Å². The molecule has 0 saturated carbocycles. The predicted molar refractivity (Wildman–Crippen MR) is 140 cm³/mol. The third kappa shape index (κ3) is 5.91. The maximum atomic E-state index is 13.6. The van der Waals surface area contributed by atoms with Crippen LogP contribution in [0.25, 0.3) is 0 Å². The molecule has 1 fully saturated rings. The van der Waals surface area contributed by atoms with Crippen molar-refractivity contribution in [1.29, 1.82) is 0 Å². The summed E-state index contributed by atoms with van der Waals surface area (Å²) in [6.45, 7) is 1.69. The number of carbonyl (C=O) groups excluding carboxylic acids is 1. The molecule has 1 aliphatic rings. The van der Waals surface area contributed by atoms with Crippen molar-refractivity contribution in [1.82, 2.24) is 4.90 Å². The SMILES string of the molecule is COc1cccc(NS(=O)(=O)c2cc(C(=O)N3CCCCC3)ccc2NCc2ccccc2OC)c1. The Morgan fingerprint density at radius 1 is 0.917 bits per heavy atom. The third-order valence-electron chi connectivity index (χ3n) is 6.15. The summed E-state index contributed by atoms with van der Waals surface area (Å²) in [6, 6.07) is 19.0. The van der Waals surface area contributed by atoms with Crippen LogP contribution in [0.4, 0.5) is 11.4 Å². The van der Waals surface area contributed by atoms with Crippen LogP contribution in [0.1, 0.15) is 35.2 Å². The Morgan fingerprint density at radius 2 is 1.69 bits per heavy atom. The van der Waals surface area contributed by atoms with Gasteiger partial charge in [0, 0.05) is 36.8 Å². The Morgan fingerprint density at radius 3 is 2.44 bits per heavy atom. The number of methoxy groups -OCH3 is 2. The number of likely N-dealkylation sites (tertiary alicyclic amines) is 1. The second-order valence-electron chi connectivity index (χ2n) is 8.57. The highest BCUT2D eigenvalue weighted by atomic mass is 32.2. The molecule has 0 radical (unpaired) electrons. The van der Waals surface area contributed by atoms with Gasteiger partial charge in [0.15, 0.2) is 0 Å². The topological polar surface area (TPSA) is 97.0 Å². The molecule has 3 aromatic rings. The zero-order valence-electron chi connectivity index (χ0n) is 20.5. The first-order valence-electron chi connectivity index (χ1n) is 11.9. The number of nitrogens with one attached hydrogen (secondary N) is 2. The molecule has 1 amide bonds. The maximum absolute atomic E-state index is 13.6. The summed E-state index contributed by atoms with van der Waals surface area (Å²) in [5, 5.41) is 3.22. The van der Waals surface area contributed by atoms with E-state index >= 15 is 0 Å². The number of hydrogen-bond acceptors (Lipinski definition) is 6. The van der Waals surface area contributed by atoms with Gasteiger partial charge in [-0.05, 0) is 55.7 Å². The van der Waals surface area contributed by atoms with Crippen molar-refractivity contribution in [2.75, 3.05) is 37.3 Å². The zero-order valence-corrected chi connectivity index (χ0v) is 21.3. The average Bonchev–Trinajstić information content (AvgIpc) is 2.92. The van der Waals surface area contributed by atoms with Crippen LogP contribution in [0.15, 0.2) is 71.6 Å². The number of carbonyl (C=O) groups is 1. The van der Waals surface area contributed by atoms with Crippen molar-refractivity contribution in [3.05, 3.63) is 77.9 Å². The number of rotatable bonds is 9. The van der Waals surface area contributed by atoms with Crippen LogP contribution in [-0.2, 0) is 16.6 Å². The summed E-state index contributed by atoms with van der Waals surface area (Å²) in [6.07, 6.45) is 3.00. The molecule has 0 spiro atoms. The molecular formula is C27H31N3O5S. The Bertz CT molecular complexity index is 1320. The molecule has 9 heteroatoms. The van der Waals surface area contributed by atoms with Gasteiger partial charge in [0.25, 0.3) is 15.9 Å². The number of amides is 1.